The van der Waals surface area contributed by atoms with Crippen LogP contribution in [0.3, 0.4) is 0 Å². The summed E-state index contributed by atoms with van der Waals surface area (Å²) in [5.41, 5.74) is 4.28. The maximum atomic E-state index is 13.1. The van der Waals surface area contributed by atoms with Crippen molar-refractivity contribution in [2.75, 3.05) is 31.2 Å². The second kappa shape index (κ2) is 11.1. The van der Waals surface area contributed by atoms with Gasteiger partial charge in [0, 0.05) is 30.5 Å². The molecule has 39 heavy (non-hydrogen) atoms. The number of nitrogens with zero attached hydrogens (tertiary/aromatic N) is 4. The third-order valence-corrected chi connectivity index (χ3v) is 8.37. The molecule has 202 valence electrons. The van der Waals surface area contributed by atoms with Gasteiger partial charge >= 0.3 is 0 Å². The second-order valence-electron chi connectivity index (χ2n) is 9.21. The van der Waals surface area contributed by atoms with Gasteiger partial charge in [0.2, 0.25) is 0 Å². The largest absolute Gasteiger partial charge is 0.378 e. The molecule has 1 aromatic heterocycles. The van der Waals surface area contributed by atoms with E-state index in [4.69, 9.17) is 27.9 Å². The van der Waals surface area contributed by atoms with Crippen molar-refractivity contribution in [3.8, 4) is 5.69 Å². The van der Waals surface area contributed by atoms with E-state index < -0.39 is 5.91 Å². The average Bonchev–Trinajstić information content (AvgIpc) is 3.34. The number of carbonyl (C=O) groups is 2. The second-order valence-corrected chi connectivity index (χ2v) is 11.0. The SMILES string of the molecule is Cc1cc(/C=C2\SC(=O)N(Cc3ccc(Cl)c(Cl)c3)C2=O)c(C)n1-c1ccc(N2CCOCC2)c([N+](=O)[O-])c1. The molecule has 0 saturated carbocycles. The van der Waals surface area contributed by atoms with Crippen molar-refractivity contribution in [1.82, 2.24) is 9.47 Å². The van der Waals surface area contributed by atoms with Gasteiger partial charge in [0.05, 0.1) is 45.3 Å². The van der Waals surface area contributed by atoms with E-state index in [1.807, 2.05) is 35.4 Å². The van der Waals surface area contributed by atoms with Gasteiger partial charge in [-0.05, 0) is 73.1 Å². The Morgan fingerprint density at radius 2 is 1.79 bits per heavy atom. The Kier molecular flexibility index (Phi) is 7.73. The Bertz CT molecular complexity index is 1530. The van der Waals surface area contributed by atoms with E-state index in [1.165, 1.54) is 4.90 Å². The first-order chi connectivity index (χ1) is 18.6. The lowest BCUT2D eigenvalue weighted by Crippen LogP contribution is -2.36. The van der Waals surface area contributed by atoms with Crippen molar-refractivity contribution in [3.05, 3.63) is 90.0 Å². The summed E-state index contributed by atoms with van der Waals surface area (Å²) in [5, 5.41) is 12.3. The maximum absolute atomic E-state index is 13.1. The summed E-state index contributed by atoms with van der Waals surface area (Å²) in [6.07, 6.45) is 1.69. The predicted molar refractivity (Wildman–Crippen MR) is 153 cm³/mol. The van der Waals surface area contributed by atoms with E-state index in [2.05, 4.69) is 0 Å². The van der Waals surface area contributed by atoms with Crippen LogP contribution < -0.4 is 4.90 Å². The van der Waals surface area contributed by atoms with Crippen LogP contribution in [0.25, 0.3) is 11.8 Å². The normalized spacial score (nSPS) is 17.0. The van der Waals surface area contributed by atoms with Gasteiger partial charge in [-0.25, -0.2) is 0 Å². The molecule has 0 bridgehead atoms. The molecule has 0 radical (unpaired) electrons. The minimum absolute atomic E-state index is 0.0203. The van der Waals surface area contributed by atoms with Crippen molar-refractivity contribution in [1.29, 1.82) is 0 Å². The van der Waals surface area contributed by atoms with Crippen LogP contribution in [0.4, 0.5) is 16.2 Å². The Morgan fingerprint density at radius 1 is 1.05 bits per heavy atom. The van der Waals surface area contributed by atoms with E-state index >= 15 is 0 Å². The van der Waals surface area contributed by atoms with E-state index in [0.29, 0.717) is 58.2 Å². The molecule has 0 aliphatic carbocycles. The molecule has 2 saturated heterocycles. The highest BCUT2D eigenvalue weighted by molar-refractivity contribution is 8.18. The number of imide groups is 1. The number of hydrogen-bond donors (Lipinski definition) is 0. The molecule has 2 amide bonds. The summed E-state index contributed by atoms with van der Waals surface area (Å²) >= 11 is 12.9. The maximum Gasteiger partial charge on any atom is 0.294 e. The molecule has 5 rings (SSSR count). The van der Waals surface area contributed by atoms with Gasteiger partial charge in [-0.3, -0.25) is 24.6 Å². The Labute approximate surface area is 239 Å². The summed E-state index contributed by atoms with van der Waals surface area (Å²) in [4.78, 5) is 40.8. The quantitative estimate of drug-likeness (QED) is 0.188. The van der Waals surface area contributed by atoms with Crippen molar-refractivity contribution < 1.29 is 19.2 Å². The number of aromatic nitrogens is 1. The molecule has 3 aromatic rings. The minimum Gasteiger partial charge on any atom is -0.378 e. The van der Waals surface area contributed by atoms with Gasteiger partial charge in [0.1, 0.15) is 5.69 Å². The summed E-state index contributed by atoms with van der Waals surface area (Å²) in [5.74, 6) is -0.397. The zero-order valence-electron chi connectivity index (χ0n) is 21.1. The number of anilines is 1. The summed E-state index contributed by atoms with van der Waals surface area (Å²) in [6, 6.07) is 12.1. The van der Waals surface area contributed by atoms with Gasteiger partial charge in [0.15, 0.2) is 0 Å². The van der Waals surface area contributed by atoms with Gasteiger partial charge in [-0.2, -0.15) is 0 Å². The van der Waals surface area contributed by atoms with E-state index in [1.54, 1.807) is 36.4 Å². The molecule has 2 fully saturated rings. The van der Waals surface area contributed by atoms with Crippen LogP contribution in [0.15, 0.2) is 47.4 Å². The highest BCUT2D eigenvalue weighted by Gasteiger charge is 2.35. The Hall–Kier alpha value is -3.31. The Morgan fingerprint density at radius 3 is 2.49 bits per heavy atom. The number of rotatable bonds is 6. The van der Waals surface area contributed by atoms with Crippen LogP contribution in [0.2, 0.25) is 10.0 Å². The fourth-order valence-electron chi connectivity index (χ4n) is 4.80. The standard InChI is InChI=1S/C27H24Cl2N4O5S/c1-16-11-19(13-25-26(34)31(27(35)39-25)15-18-3-5-21(28)22(29)12-18)17(2)32(16)20-4-6-23(24(14-20)33(36)37)30-7-9-38-10-8-30/h3-6,11-14H,7-10,15H2,1-2H3/b25-13-. The minimum atomic E-state index is -0.397. The van der Waals surface area contributed by atoms with E-state index in [0.717, 1.165) is 28.7 Å². The Balaban J connectivity index is 1.43. The molecule has 3 heterocycles. The molecule has 12 heteroatoms. The number of benzene rings is 2. The molecular weight excluding hydrogens is 563 g/mol. The van der Waals surface area contributed by atoms with Crippen LogP contribution in [-0.4, -0.2) is 51.8 Å². The number of halogens is 2. The first-order valence-electron chi connectivity index (χ1n) is 12.1. The first-order valence-corrected chi connectivity index (χ1v) is 13.7. The van der Waals surface area contributed by atoms with Crippen LogP contribution >= 0.6 is 35.0 Å². The fraction of sp³-hybridized carbons (Fsp3) is 0.259. The van der Waals surface area contributed by atoms with Crippen molar-refractivity contribution in [3.63, 3.8) is 0 Å². The van der Waals surface area contributed by atoms with Crippen LogP contribution in [0.5, 0.6) is 0 Å². The van der Waals surface area contributed by atoms with Crippen LogP contribution in [-0.2, 0) is 16.1 Å². The summed E-state index contributed by atoms with van der Waals surface area (Å²) < 4.78 is 7.29. The lowest BCUT2D eigenvalue weighted by molar-refractivity contribution is -0.384. The summed E-state index contributed by atoms with van der Waals surface area (Å²) in [6.45, 7) is 6.07. The monoisotopic (exact) mass is 586 g/mol. The number of morpholine rings is 1. The lowest BCUT2D eigenvalue weighted by Gasteiger charge is -2.28. The zero-order valence-corrected chi connectivity index (χ0v) is 23.5. The smallest absolute Gasteiger partial charge is 0.294 e. The molecule has 2 aliphatic rings. The average molecular weight is 587 g/mol. The summed E-state index contributed by atoms with van der Waals surface area (Å²) in [7, 11) is 0. The lowest BCUT2D eigenvalue weighted by atomic mass is 10.2. The molecular formula is C27H24Cl2N4O5S. The van der Waals surface area contributed by atoms with Crippen molar-refractivity contribution >= 4 is 63.6 Å². The number of carbonyl (C=O) groups excluding carboxylic acids is 2. The number of nitro groups is 1. The molecule has 9 nitrogen and oxygen atoms in total. The molecule has 2 aromatic carbocycles. The highest BCUT2D eigenvalue weighted by atomic mass is 35.5. The van der Waals surface area contributed by atoms with E-state index in [-0.39, 0.29) is 22.4 Å². The third-order valence-electron chi connectivity index (χ3n) is 6.72. The first kappa shape index (κ1) is 27.3. The number of aryl methyl sites for hydroxylation is 1. The van der Waals surface area contributed by atoms with Crippen LogP contribution in [0, 0.1) is 24.0 Å². The van der Waals surface area contributed by atoms with E-state index in [9.17, 15) is 19.7 Å². The van der Waals surface area contributed by atoms with Crippen molar-refractivity contribution in [2.24, 2.45) is 0 Å². The fourth-order valence-corrected chi connectivity index (χ4v) is 5.95. The van der Waals surface area contributed by atoms with Gasteiger partial charge in [0.25, 0.3) is 16.8 Å². The van der Waals surface area contributed by atoms with Gasteiger partial charge < -0.3 is 14.2 Å². The third kappa shape index (κ3) is 5.42. The number of amides is 2. The topological polar surface area (TPSA) is 97.9 Å². The molecule has 0 unspecified atom stereocenters. The number of hydrogen-bond acceptors (Lipinski definition) is 7. The van der Waals surface area contributed by atoms with Gasteiger partial charge in [-0.1, -0.05) is 29.3 Å². The van der Waals surface area contributed by atoms with Crippen molar-refractivity contribution in [2.45, 2.75) is 20.4 Å². The molecule has 0 spiro atoms. The number of thioether (sulfide) groups is 1. The highest BCUT2D eigenvalue weighted by Crippen LogP contribution is 2.36. The van der Waals surface area contributed by atoms with Gasteiger partial charge in [-0.15, -0.1) is 0 Å². The number of nitro benzene ring substituents is 1. The molecule has 2 aliphatic heterocycles. The zero-order chi connectivity index (χ0) is 27.8. The van der Waals surface area contributed by atoms with Crippen LogP contribution in [0.1, 0.15) is 22.5 Å². The number of ether oxygens (including phenoxy) is 1. The predicted octanol–water partition coefficient (Wildman–Crippen LogP) is 6.38. The molecule has 0 N–H and O–H groups in total. The molecule has 0 atom stereocenters.